The molecule has 0 unspecified atom stereocenters. The molecule has 1 aromatic heterocycles. The molecule has 2 rings (SSSR count). The first-order valence-electron chi connectivity index (χ1n) is 5.57. The molecule has 0 atom stereocenters. The molecule has 108 valence electrons. The average Bonchev–Trinajstić information content (AvgIpc) is 2.70. The van der Waals surface area contributed by atoms with Crippen LogP contribution in [-0.2, 0) is 16.6 Å². The van der Waals surface area contributed by atoms with Gasteiger partial charge in [-0.25, -0.2) is 21.9 Å². The molecular weight excluding hydrogens is 306 g/mol. The van der Waals surface area contributed by atoms with Crippen molar-refractivity contribution in [2.75, 3.05) is 5.73 Å². The van der Waals surface area contributed by atoms with Crippen molar-refractivity contribution < 1.29 is 17.2 Å². The Morgan fingerprint density at radius 1 is 1.25 bits per heavy atom. The number of thiophene rings is 1. The zero-order chi connectivity index (χ0) is 14.9. The van der Waals surface area contributed by atoms with Crippen LogP contribution in [0.1, 0.15) is 11.1 Å². The predicted octanol–water partition coefficient (Wildman–Crippen LogP) is 2.40. The maximum absolute atomic E-state index is 13.6. The van der Waals surface area contributed by atoms with Gasteiger partial charge in [0, 0.05) is 12.2 Å². The molecule has 3 N–H and O–H groups in total. The van der Waals surface area contributed by atoms with Crippen molar-refractivity contribution in [2.45, 2.75) is 18.4 Å². The number of hydrogen-bond acceptors (Lipinski definition) is 4. The second kappa shape index (κ2) is 5.47. The van der Waals surface area contributed by atoms with Gasteiger partial charge in [-0.1, -0.05) is 0 Å². The highest BCUT2D eigenvalue weighted by Gasteiger charge is 2.24. The lowest BCUT2D eigenvalue weighted by Crippen LogP contribution is -2.25. The van der Waals surface area contributed by atoms with E-state index in [-0.39, 0.29) is 12.2 Å². The van der Waals surface area contributed by atoms with Crippen LogP contribution in [0.15, 0.2) is 27.8 Å². The Bertz CT molecular complexity index is 719. The van der Waals surface area contributed by atoms with E-state index < -0.39 is 26.6 Å². The normalized spacial score (nSPS) is 11.8. The van der Waals surface area contributed by atoms with E-state index in [0.29, 0.717) is 0 Å². The molecule has 0 amide bonds. The van der Waals surface area contributed by atoms with Gasteiger partial charge in [-0.2, -0.15) is 11.3 Å². The summed E-state index contributed by atoms with van der Waals surface area (Å²) in [5, 5.41) is 3.63. The van der Waals surface area contributed by atoms with Crippen molar-refractivity contribution in [3.63, 3.8) is 0 Å². The maximum Gasteiger partial charge on any atom is 0.246 e. The smallest absolute Gasteiger partial charge is 0.246 e. The first-order valence-corrected chi connectivity index (χ1v) is 7.99. The van der Waals surface area contributed by atoms with Crippen molar-refractivity contribution in [1.82, 2.24) is 4.72 Å². The first kappa shape index (κ1) is 14.9. The van der Waals surface area contributed by atoms with Crippen molar-refractivity contribution in [3.8, 4) is 0 Å². The lowest BCUT2D eigenvalue weighted by Gasteiger charge is -2.09. The number of nitrogen functional groups attached to an aromatic ring is 1. The minimum absolute atomic E-state index is 0.0269. The van der Waals surface area contributed by atoms with Gasteiger partial charge < -0.3 is 5.73 Å². The zero-order valence-corrected chi connectivity index (χ0v) is 12.1. The lowest BCUT2D eigenvalue weighted by atomic mass is 10.2. The molecule has 0 aliphatic heterocycles. The Kier molecular flexibility index (Phi) is 4.07. The van der Waals surface area contributed by atoms with Crippen molar-refractivity contribution >= 4 is 27.0 Å². The quantitative estimate of drug-likeness (QED) is 0.850. The third-order valence-electron chi connectivity index (χ3n) is 2.70. The van der Waals surface area contributed by atoms with E-state index in [2.05, 4.69) is 4.72 Å². The van der Waals surface area contributed by atoms with Crippen LogP contribution < -0.4 is 10.5 Å². The van der Waals surface area contributed by atoms with Gasteiger partial charge in [-0.3, -0.25) is 0 Å². The molecule has 0 radical (unpaired) electrons. The monoisotopic (exact) mass is 318 g/mol. The standard InChI is InChI=1S/C12H12F2N2O2S2/c1-7-5-19-6-8(7)4-16-20(17,18)12-10(13)2-9(15)3-11(12)14/h2-3,5-6,16H,4,15H2,1H3. The summed E-state index contributed by atoms with van der Waals surface area (Å²) in [7, 11) is -4.28. The third kappa shape index (κ3) is 2.97. The molecule has 0 fully saturated rings. The highest BCUT2D eigenvalue weighted by atomic mass is 32.2. The lowest BCUT2D eigenvalue weighted by molar-refractivity contribution is 0.514. The molecule has 8 heteroatoms. The molecule has 0 spiro atoms. The molecular formula is C12H12F2N2O2S2. The van der Waals surface area contributed by atoms with Gasteiger partial charge in [0.15, 0.2) is 4.90 Å². The SMILES string of the molecule is Cc1cscc1CNS(=O)(=O)c1c(F)cc(N)cc1F. The van der Waals surface area contributed by atoms with Gasteiger partial charge in [0.25, 0.3) is 0 Å². The van der Waals surface area contributed by atoms with E-state index in [9.17, 15) is 17.2 Å². The summed E-state index contributed by atoms with van der Waals surface area (Å²) < 4.78 is 53.3. The molecule has 1 heterocycles. The number of aryl methyl sites for hydroxylation is 1. The number of rotatable bonds is 4. The number of halogens is 2. The number of nitrogens with two attached hydrogens (primary N) is 1. The van der Waals surface area contributed by atoms with E-state index in [1.54, 1.807) is 5.38 Å². The molecule has 4 nitrogen and oxygen atoms in total. The van der Waals surface area contributed by atoms with Crippen LogP contribution >= 0.6 is 11.3 Å². The van der Waals surface area contributed by atoms with Gasteiger partial charge >= 0.3 is 0 Å². The molecule has 1 aromatic carbocycles. The van der Waals surface area contributed by atoms with Crippen LogP contribution in [0, 0.1) is 18.6 Å². The molecule has 0 bridgehead atoms. The maximum atomic E-state index is 13.6. The predicted molar refractivity (Wildman–Crippen MR) is 73.9 cm³/mol. The minimum atomic E-state index is -4.28. The Balaban J connectivity index is 2.30. The van der Waals surface area contributed by atoms with Crippen LogP contribution in [0.2, 0.25) is 0 Å². The topological polar surface area (TPSA) is 72.2 Å². The van der Waals surface area contributed by atoms with Crippen molar-refractivity contribution in [1.29, 1.82) is 0 Å². The minimum Gasteiger partial charge on any atom is -0.399 e. The van der Waals surface area contributed by atoms with Gasteiger partial charge in [0.1, 0.15) is 11.6 Å². The Morgan fingerprint density at radius 2 is 1.85 bits per heavy atom. The summed E-state index contributed by atoms with van der Waals surface area (Å²) >= 11 is 1.42. The summed E-state index contributed by atoms with van der Waals surface area (Å²) in [5.41, 5.74) is 6.75. The fourth-order valence-electron chi connectivity index (χ4n) is 1.65. The summed E-state index contributed by atoms with van der Waals surface area (Å²) in [6.45, 7) is 1.80. The van der Waals surface area contributed by atoms with Gasteiger partial charge in [0.05, 0.1) is 0 Å². The van der Waals surface area contributed by atoms with E-state index in [4.69, 9.17) is 5.73 Å². The van der Waals surface area contributed by atoms with Crippen LogP contribution in [0.5, 0.6) is 0 Å². The molecule has 0 saturated carbocycles. The number of sulfonamides is 1. The Morgan fingerprint density at radius 3 is 2.35 bits per heavy atom. The Hall–Kier alpha value is -1.51. The summed E-state index contributed by atoms with van der Waals surface area (Å²) in [6.07, 6.45) is 0. The van der Waals surface area contributed by atoms with Crippen molar-refractivity contribution in [3.05, 3.63) is 45.7 Å². The fourth-order valence-corrected chi connectivity index (χ4v) is 3.63. The van der Waals surface area contributed by atoms with E-state index >= 15 is 0 Å². The second-order valence-electron chi connectivity index (χ2n) is 4.22. The van der Waals surface area contributed by atoms with E-state index in [0.717, 1.165) is 23.3 Å². The van der Waals surface area contributed by atoms with Crippen LogP contribution in [0.4, 0.5) is 14.5 Å². The first-order chi connectivity index (χ1) is 9.31. The van der Waals surface area contributed by atoms with Crippen molar-refractivity contribution in [2.24, 2.45) is 0 Å². The average molecular weight is 318 g/mol. The van der Waals surface area contributed by atoms with Crippen LogP contribution in [-0.4, -0.2) is 8.42 Å². The largest absolute Gasteiger partial charge is 0.399 e. The third-order valence-corrected chi connectivity index (χ3v) is 5.07. The number of benzene rings is 1. The number of anilines is 1. The summed E-state index contributed by atoms with van der Waals surface area (Å²) in [5.74, 6) is -2.42. The highest BCUT2D eigenvalue weighted by molar-refractivity contribution is 7.89. The number of hydrogen-bond donors (Lipinski definition) is 2. The molecule has 0 aliphatic carbocycles. The summed E-state index contributed by atoms with van der Waals surface area (Å²) in [4.78, 5) is -1.01. The van der Waals surface area contributed by atoms with Crippen LogP contribution in [0.3, 0.4) is 0 Å². The van der Waals surface area contributed by atoms with Gasteiger partial charge in [-0.15, -0.1) is 0 Å². The molecule has 20 heavy (non-hydrogen) atoms. The molecule has 2 aromatic rings. The van der Waals surface area contributed by atoms with Gasteiger partial charge in [0.2, 0.25) is 10.0 Å². The summed E-state index contributed by atoms with van der Waals surface area (Å²) in [6, 6.07) is 1.54. The Labute approximate surface area is 119 Å². The molecule has 0 saturated heterocycles. The van der Waals surface area contributed by atoms with E-state index in [1.165, 1.54) is 11.3 Å². The zero-order valence-electron chi connectivity index (χ0n) is 10.5. The highest BCUT2D eigenvalue weighted by Crippen LogP contribution is 2.22. The van der Waals surface area contributed by atoms with Crippen LogP contribution in [0.25, 0.3) is 0 Å². The number of nitrogens with one attached hydrogen (secondary N) is 1. The molecule has 0 aliphatic rings. The second-order valence-corrected chi connectivity index (χ2v) is 6.67. The fraction of sp³-hybridized carbons (Fsp3) is 0.167. The van der Waals surface area contributed by atoms with E-state index in [1.807, 2.05) is 12.3 Å². The van der Waals surface area contributed by atoms with Gasteiger partial charge in [-0.05, 0) is 40.9 Å².